The van der Waals surface area contributed by atoms with Gasteiger partial charge in [-0.25, -0.2) is 0 Å². The van der Waals surface area contributed by atoms with Crippen LogP contribution in [-0.2, 0) is 11.3 Å². The largest absolute Gasteiger partial charge is 0.350 e. The van der Waals surface area contributed by atoms with E-state index in [-0.39, 0.29) is 30.1 Å². The molecule has 0 radical (unpaired) electrons. The highest BCUT2D eigenvalue weighted by Crippen LogP contribution is 2.32. The highest BCUT2D eigenvalue weighted by Gasteiger charge is 2.34. The number of hydrogen-bond donors (Lipinski definition) is 1. The molecule has 2 heterocycles. The fourth-order valence-electron chi connectivity index (χ4n) is 3.74. The Labute approximate surface area is 217 Å². The van der Waals surface area contributed by atoms with Crippen molar-refractivity contribution in [2.45, 2.75) is 20.4 Å². The van der Waals surface area contributed by atoms with Crippen molar-refractivity contribution in [2.24, 2.45) is 0 Å². The molecule has 0 aliphatic carbocycles. The molecular formula is C25H22Cl2N4O3S. The van der Waals surface area contributed by atoms with Gasteiger partial charge in [0, 0.05) is 28.8 Å². The van der Waals surface area contributed by atoms with Crippen LogP contribution >= 0.6 is 35.0 Å². The molecule has 0 spiro atoms. The van der Waals surface area contributed by atoms with Gasteiger partial charge in [-0.2, -0.15) is 5.10 Å². The summed E-state index contributed by atoms with van der Waals surface area (Å²) in [5, 5.41) is 8.14. The number of amides is 3. The van der Waals surface area contributed by atoms with Crippen LogP contribution in [-0.4, -0.2) is 44.8 Å². The molecule has 4 rings (SSSR count). The third-order valence-corrected chi connectivity index (χ3v) is 7.08. The van der Waals surface area contributed by atoms with Crippen molar-refractivity contribution in [3.05, 3.63) is 91.6 Å². The van der Waals surface area contributed by atoms with E-state index in [1.807, 2.05) is 31.2 Å². The second-order valence-corrected chi connectivity index (χ2v) is 9.77. The quantitative estimate of drug-likeness (QED) is 0.419. The van der Waals surface area contributed by atoms with Crippen molar-refractivity contribution in [2.75, 3.05) is 13.1 Å². The van der Waals surface area contributed by atoms with E-state index in [0.717, 1.165) is 27.8 Å². The second-order valence-electron chi connectivity index (χ2n) is 7.94. The predicted octanol–water partition coefficient (Wildman–Crippen LogP) is 5.32. The number of nitrogens with one attached hydrogen (secondary N) is 1. The van der Waals surface area contributed by atoms with Crippen LogP contribution in [0.4, 0.5) is 4.79 Å². The Bertz CT molecular complexity index is 1330. The van der Waals surface area contributed by atoms with E-state index < -0.39 is 0 Å². The van der Waals surface area contributed by atoms with E-state index in [2.05, 4.69) is 10.4 Å². The molecule has 10 heteroatoms. The summed E-state index contributed by atoms with van der Waals surface area (Å²) in [6, 6.07) is 14.5. The molecule has 1 aromatic heterocycles. The van der Waals surface area contributed by atoms with E-state index >= 15 is 0 Å². The summed E-state index contributed by atoms with van der Waals surface area (Å²) in [5.41, 5.74) is 3.43. The maximum atomic E-state index is 12.9. The van der Waals surface area contributed by atoms with Crippen LogP contribution in [0.3, 0.4) is 0 Å². The number of carbonyl (C=O) groups excluding carboxylic acids is 3. The van der Waals surface area contributed by atoms with Gasteiger partial charge in [0.2, 0.25) is 0 Å². The monoisotopic (exact) mass is 528 g/mol. The van der Waals surface area contributed by atoms with Crippen molar-refractivity contribution in [1.82, 2.24) is 20.0 Å². The lowest BCUT2D eigenvalue weighted by Gasteiger charge is -2.13. The molecule has 0 atom stereocenters. The lowest BCUT2D eigenvalue weighted by atomic mass is 10.1. The maximum absolute atomic E-state index is 12.9. The number of imide groups is 1. The third-order valence-electron chi connectivity index (χ3n) is 5.55. The van der Waals surface area contributed by atoms with Crippen LogP contribution in [0, 0.1) is 13.8 Å². The Hall–Kier alpha value is -3.07. The minimum absolute atomic E-state index is 0.0697. The molecule has 1 aliphatic rings. The Morgan fingerprint density at radius 3 is 2.51 bits per heavy atom. The van der Waals surface area contributed by atoms with Crippen molar-refractivity contribution in [3.8, 4) is 0 Å². The normalized spacial score (nSPS) is 14.7. The Morgan fingerprint density at radius 1 is 1.09 bits per heavy atom. The van der Waals surface area contributed by atoms with E-state index in [4.69, 9.17) is 23.2 Å². The lowest BCUT2D eigenvalue weighted by molar-refractivity contribution is -0.122. The number of benzene rings is 2. The molecule has 3 amide bonds. The van der Waals surface area contributed by atoms with Crippen molar-refractivity contribution in [1.29, 1.82) is 0 Å². The van der Waals surface area contributed by atoms with E-state index in [9.17, 15) is 14.4 Å². The molecule has 35 heavy (non-hydrogen) atoms. The van der Waals surface area contributed by atoms with Gasteiger partial charge < -0.3 is 5.32 Å². The van der Waals surface area contributed by atoms with E-state index in [1.165, 1.54) is 0 Å². The number of carbonyl (C=O) groups is 3. The summed E-state index contributed by atoms with van der Waals surface area (Å²) in [4.78, 5) is 39.4. The average Bonchev–Trinajstić information content (AvgIpc) is 3.25. The van der Waals surface area contributed by atoms with Gasteiger partial charge in [0.25, 0.3) is 17.1 Å². The Balaban J connectivity index is 1.38. The van der Waals surface area contributed by atoms with Crippen LogP contribution in [0.5, 0.6) is 0 Å². The number of hydrogen-bond acceptors (Lipinski definition) is 5. The smallest absolute Gasteiger partial charge is 0.293 e. The van der Waals surface area contributed by atoms with Gasteiger partial charge in [-0.3, -0.25) is 24.0 Å². The van der Waals surface area contributed by atoms with Gasteiger partial charge in [-0.1, -0.05) is 53.5 Å². The highest BCUT2D eigenvalue weighted by atomic mass is 35.5. The minimum Gasteiger partial charge on any atom is -0.350 e. The van der Waals surface area contributed by atoms with Crippen LogP contribution in [0.25, 0.3) is 6.08 Å². The molecule has 2 aromatic carbocycles. The SMILES string of the molecule is Cc1nn(Cc2ccccc2Cl)c(C)c1C(=O)NCCN1C(=O)S/C(=C/c2ccc(Cl)cc2)C1=O. The number of thioether (sulfide) groups is 1. The first-order valence-electron chi connectivity index (χ1n) is 10.8. The first-order chi connectivity index (χ1) is 16.7. The first-order valence-corrected chi connectivity index (χ1v) is 12.4. The number of aryl methyl sites for hydroxylation is 1. The molecular weight excluding hydrogens is 507 g/mol. The number of aromatic nitrogens is 2. The number of rotatable bonds is 7. The Kier molecular flexibility index (Phi) is 7.64. The van der Waals surface area contributed by atoms with Gasteiger partial charge >= 0.3 is 0 Å². The first kappa shape index (κ1) is 25.0. The van der Waals surface area contributed by atoms with E-state index in [1.54, 1.807) is 41.9 Å². The summed E-state index contributed by atoms with van der Waals surface area (Å²) in [7, 11) is 0. The molecule has 1 N–H and O–H groups in total. The zero-order valence-electron chi connectivity index (χ0n) is 19.0. The fraction of sp³-hybridized carbons (Fsp3) is 0.200. The van der Waals surface area contributed by atoms with Crippen LogP contribution in [0.15, 0.2) is 53.4 Å². The molecule has 3 aromatic rings. The Morgan fingerprint density at radius 2 is 1.80 bits per heavy atom. The van der Waals surface area contributed by atoms with Crippen LogP contribution in [0.1, 0.15) is 32.9 Å². The molecule has 0 unspecified atom stereocenters. The summed E-state index contributed by atoms with van der Waals surface area (Å²) in [6.45, 7) is 4.23. The summed E-state index contributed by atoms with van der Waals surface area (Å²) >= 11 is 13.0. The molecule has 0 saturated carbocycles. The van der Waals surface area contributed by atoms with Gasteiger partial charge in [0.15, 0.2) is 0 Å². The van der Waals surface area contributed by atoms with Gasteiger partial charge in [0.05, 0.1) is 22.7 Å². The van der Waals surface area contributed by atoms with Crippen molar-refractivity contribution < 1.29 is 14.4 Å². The maximum Gasteiger partial charge on any atom is 0.293 e. The topological polar surface area (TPSA) is 84.3 Å². The second kappa shape index (κ2) is 10.7. The third kappa shape index (κ3) is 5.61. The van der Waals surface area contributed by atoms with Crippen LogP contribution in [0.2, 0.25) is 10.0 Å². The fourth-order valence-corrected chi connectivity index (χ4v) is 4.93. The lowest BCUT2D eigenvalue weighted by Crippen LogP contribution is -2.37. The molecule has 1 aliphatic heterocycles. The zero-order chi connectivity index (χ0) is 25.1. The number of halogens is 2. The highest BCUT2D eigenvalue weighted by molar-refractivity contribution is 8.18. The van der Waals surface area contributed by atoms with Crippen LogP contribution < -0.4 is 5.32 Å². The molecule has 1 fully saturated rings. The van der Waals surface area contributed by atoms with Gasteiger partial charge in [-0.05, 0) is 61.0 Å². The summed E-state index contributed by atoms with van der Waals surface area (Å²) in [6.07, 6.45) is 1.65. The van der Waals surface area contributed by atoms with Gasteiger partial charge in [-0.15, -0.1) is 0 Å². The summed E-state index contributed by atoms with van der Waals surface area (Å²) in [5.74, 6) is -0.696. The number of nitrogens with zero attached hydrogens (tertiary/aromatic N) is 3. The van der Waals surface area contributed by atoms with Crippen molar-refractivity contribution in [3.63, 3.8) is 0 Å². The molecule has 1 saturated heterocycles. The molecule has 180 valence electrons. The zero-order valence-corrected chi connectivity index (χ0v) is 21.4. The predicted molar refractivity (Wildman–Crippen MR) is 139 cm³/mol. The molecule has 7 nitrogen and oxygen atoms in total. The average molecular weight is 529 g/mol. The minimum atomic E-state index is -0.385. The summed E-state index contributed by atoms with van der Waals surface area (Å²) < 4.78 is 1.74. The standard InChI is InChI=1S/C25H22Cl2N4O3S/c1-15-22(16(2)31(29-15)14-18-5-3-4-6-20(18)27)23(32)28-11-12-30-24(33)21(35-25(30)34)13-17-7-9-19(26)10-8-17/h3-10,13H,11-12,14H2,1-2H3,(H,28,32)/b21-13+. The molecule has 0 bridgehead atoms. The van der Waals surface area contributed by atoms with Crippen molar-refractivity contribution >= 4 is 58.1 Å². The van der Waals surface area contributed by atoms with E-state index in [0.29, 0.717) is 38.4 Å². The van der Waals surface area contributed by atoms with Gasteiger partial charge in [0.1, 0.15) is 0 Å².